The Morgan fingerprint density at radius 3 is 1.52 bits per heavy atom. The van der Waals surface area contributed by atoms with Gasteiger partial charge in [-0.3, -0.25) is 9.59 Å². The molecule has 0 N–H and O–H groups in total. The number of hydrogen-bond donors (Lipinski definition) is 0. The van der Waals surface area contributed by atoms with Gasteiger partial charge in [0.25, 0.3) is 0 Å². The molecule has 0 bridgehead atoms. The number of carbonyl (C=O) groups is 4. The second kappa shape index (κ2) is 29.8. The Labute approximate surface area is 355 Å². The number of hydrogen-bond acceptors (Lipinski definition) is 8. The maximum atomic E-state index is 11.9. The number of esters is 2. The summed E-state index contributed by atoms with van der Waals surface area (Å²) in [6.45, 7) is 28.9. The lowest BCUT2D eigenvalue weighted by atomic mass is 10.1. The molecule has 8 nitrogen and oxygen atoms in total. The molecule has 1 unspecified atom stereocenters. The Hall–Kier alpha value is -7.42. The molecule has 4 aromatic carbocycles. The van der Waals surface area contributed by atoms with E-state index in [1.54, 1.807) is 24.3 Å². The third-order valence-electron chi connectivity index (χ3n) is 7.71. The van der Waals surface area contributed by atoms with Crippen molar-refractivity contribution < 1.29 is 38.1 Å². The van der Waals surface area contributed by atoms with Gasteiger partial charge in [0.15, 0.2) is 11.6 Å². The number of ketones is 2. The van der Waals surface area contributed by atoms with E-state index >= 15 is 0 Å². The standard InChI is InChI=1S/C17H14O.C11H12O.C11H10O.C8H12O3.C5H6O2/c1-2-14-8-11-16(12-9-14)17(18)13-10-15-6-4-3-5-7-15;1-4-10-5-7-11(8-6-10)12-9(2)3;1-2-11(12)9-8-10-6-4-3-5-7-10;1-3-7(9)10-5-8(4-2)6-11-8;1-3-5(6)7-4-2/h2-13H,1H2;4-8H,1-2H2,3H3;2-9H,1H2;3H,1,4-6H2,2H3;3-4H,1-2H2/b13-10+;;9-8+;;. The van der Waals surface area contributed by atoms with Crippen LogP contribution in [0.5, 0.6) is 5.75 Å². The van der Waals surface area contributed by atoms with Crippen LogP contribution in [0, 0.1) is 0 Å². The van der Waals surface area contributed by atoms with Gasteiger partial charge in [0.1, 0.15) is 18.0 Å². The molecule has 0 aromatic heterocycles. The van der Waals surface area contributed by atoms with Gasteiger partial charge in [0, 0.05) is 17.7 Å². The van der Waals surface area contributed by atoms with Crippen LogP contribution in [0.1, 0.15) is 52.9 Å². The van der Waals surface area contributed by atoms with Gasteiger partial charge in [0.2, 0.25) is 0 Å². The number of benzene rings is 4. The smallest absolute Gasteiger partial charge is 0.334 e. The largest absolute Gasteiger partial charge is 0.463 e. The fraction of sp³-hybridized carbons (Fsp3) is 0.115. The average Bonchev–Trinajstić information content (AvgIpc) is 4.08. The molecule has 0 saturated carbocycles. The highest BCUT2D eigenvalue weighted by atomic mass is 16.6. The van der Waals surface area contributed by atoms with Crippen molar-refractivity contribution in [1.29, 1.82) is 0 Å². The van der Waals surface area contributed by atoms with Gasteiger partial charge < -0.3 is 18.9 Å². The predicted molar refractivity (Wildman–Crippen MR) is 246 cm³/mol. The van der Waals surface area contributed by atoms with E-state index in [1.807, 2.05) is 129 Å². The van der Waals surface area contributed by atoms with Crippen molar-refractivity contribution in [3.63, 3.8) is 0 Å². The van der Waals surface area contributed by atoms with Crippen LogP contribution in [0.3, 0.4) is 0 Å². The monoisotopic (exact) mass is 806 g/mol. The van der Waals surface area contributed by atoms with Gasteiger partial charge >= 0.3 is 11.9 Å². The highest BCUT2D eigenvalue weighted by Gasteiger charge is 2.44. The number of allylic oxidation sites excluding steroid dienone is 4. The highest BCUT2D eigenvalue weighted by Crippen LogP contribution is 2.30. The lowest BCUT2D eigenvalue weighted by Gasteiger charge is -2.07. The first-order chi connectivity index (χ1) is 28.9. The molecule has 310 valence electrons. The van der Waals surface area contributed by atoms with E-state index in [0.29, 0.717) is 24.5 Å². The summed E-state index contributed by atoms with van der Waals surface area (Å²) in [5.74, 6) is 0.589. The van der Waals surface area contributed by atoms with Gasteiger partial charge in [0.05, 0.1) is 18.6 Å². The Morgan fingerprint density at radius 2 is 1.13 bits per heavy atom. The highest BCUT2D eigenvalue weighted by molar-refractivity contribution is 6.06. The molecular weight excluding hydrogens is 753 g/mol. The average molecular weight is 807 g/mol. The predicted octanol–water partition coefficient (Wildman–Crippen LogP) is 11.7. The van der Waals surface area contributed by atoms with Crippen LogP contribution in [0.4, 0.5) is 0 Å². The van der Waals surface area contributed by atoms with Crippen LogP contribution in [0.25, 0.3) is 24.3 Å². The molecule has 0 aliphatic carbocycles. The second-order valence-electron chi connectivity index (χ2n) is 12.3. The van der Waals surface area contributed by atoms with Crippen molar-refractivity contribution in [2.75, 3.05) is 13.2 Å². The summed E-state index contributed by atoms with van der Waals surface area (Å²) in [4.78, 5) is 43.3. The van der Waals surface area contributed by atoms with Crippen molar-refractivity contribution in [2.24, 2.45) is 0 Å². The maximum absolute atomic E-state index is 11.9. The molecule has 1 atom stereocenters. The lowest BCUT2D eigenvalue weighted by molar-refractivity contribution is -0.139. The van der Waals surface area contributed by atoms with Gasteiger partial charge in [-0.05, 0) is 66.0 Å². The Bertz CT molecular complexity index is 2070. The first-order valence-electron chi connectivity index (χ1n) is 18.7. The fourth-order valence-electron chi connectivity index (χ4n) is 4.18. The molecule has 4 aromatic rings. The quantitative estimate of drug-likeness (QED) is 0.0362. The summed E-state index contributed by atoms with van der Waals surface area (Å²) in [6, 6.07) is 34.5. The van der Waals surface area contributed by atoms with Crippen molar-refractivity contribution >= 4 is 47.8 Å². The molecule has 1 heterocycles. The van der Waals surface area contributed by atoms with E-state index in [1.165, 1.54) is 12.2 Å². The molecule has 60 heavy (non-hydrogen) atoms. The molecule has 1 fully saturated rings. The topological polar surface area (TPSA) is 109 Å². The van der Waals surface area contributed by atoms with Crippen molar-refractivity contribution in [2.45, 2.75) is 25.9 Å². The van der Waals surface area contributed by atoms with E-state index in [-0.39, 0.29) is 23.1 Å². The van der Waals surface area contributed by atoms with E-state index in [9.17, 15) is 19.2 Å². The zero-order chi connectivity index (χ0) is 44.6. The van der Waals surface area contributed by atoms with Gasteiger partial charge in [-0.2, -0.15) is 0 Å². The van der Waals surface area contributed by atoms with Crippen LogP contribution in [0.15, 0.2) is 198 Å². The van der Waals surface area contributed by atoms with Crippen molar-refractivity contribution in [3.05, 3.63) is 225 Å². The molecule has 5 rings (SSSR count). The van der Waals surface area contributed by atoms with E-state index in [4.69, 9.17) is 14.2 Å². The minimum absolute atomic E-state index is 0.00876. The summed E-state index contributed by atoms with van der Waals surface area (Å²) in [5.41, 5.74) is 4.66. The summed E-state index contributed by atoms with van der Waals surface area (Å²) in [7, 11) is 0. The van der Waals surface area contributed by atoms with E-state index < -0.39 is 5.97 Å². The number of rotatable bonds is 16. The number of epoxide rings is 1. The molecule has 1 aliphatic rings. The minimum Gasteiger partial charge on any atom is -0.463 e. The summed E-state index contributed by atoms with van der Waals surface area (Å²) in [5, 5.41) is 0. The van der Waals surface area contributed by atoms with Crippen LogP contribution in [-0.4, -0.2) is 42.3 Å². The molecule has 0 spiro atoms. The SMILES string of the molecule is C=CC(=O)/C=C/c1ccccc1.C=CC(=O)OCC1(CC)CO1.C=COC(=O)C=C.C=Cc1ccc(C(=O)/C=C/c2ccccc2)cc1.C=Cc1ccc(OC(=C)C)cc1. The Balaban J connectivity index is 0.000000387. The van der Waals surface area contributed by atoms with Crippen LogP contribution < -0.4 is 4.74 Å². The van der Waals surface area contributed by atoms with Crippen LogP contribution in [0.2, 0.25) is 0 Å². The normalized spacial score (nSPS) is 12.8. The number of ether oxygens (including phenoxy) is 4. The molecule has 8 heteroatoms. The molecule has 0 amide bonds. The molecule has 1 aliphatic heterocycles. The van der Waals surface area contributed by atoms with Gasteiger partial charge in [-0.15, -0.1) is 0 Å². The van der Waals surface area contributed by atoms with Crippen LogP contribution in [-0.2, 0) is 28.6 Å². The third-order valence-corrected chi connectivity index (χ3v) is 7.71. The van der Waals surface area contributed by atoms with Crippen LogP contribution >= 0.6 is 0 Å². The first-order valence-corrected chi connectivity index (χ1v) is 18.7. The van der Waals surface area contributed by atoms with E-state index in [0.717, 1.165) is 52.8 Å². The minimum atomic E-state index is -0.477. The first kappa shape index (κ1) is 50.6. The summed E-state index contributed by atoms with van der Waals surface area (Å²) in [6.07, 6.45) is 15.7. The number of carbonyl (C=O) groups excluding carboxylic acids is 4. The van der Waals surface area contributed by atoms with Crippen molar-refractivity contribution in [1.82, 2.24) is 0 Å². The summed E-state index contributed by atoms with van der Waals surface area (Å²) >= 11 is 0. The molecular formula is C52H54O8. The van der Waals surface area contributed by atoms with E-state index in [2.05, 4.69) is 50.8 Å². The lowest BCUT2D eigenvalue weighted by Crippen LogP contribution is -2.20. The third kappa shape index (κ3) is 23.0. The molecule has 0 radical (unpaired) electrons. The zero-order valence-corrected chi connectivity index (χ0v) is 34.5. The van der Waals surface area contributed by atoms with Gasteiger partial charge in [-0.25, -0.2) is 9.59 Å². The fourth-order valence-corrected chi connectivity index (χ4v) is 4.18. The zero-order valence-electron chi connectivity index (χ0n) is 34.5. The summed E-state index contributed by atoms with van der Waals surface area (Å²) < 4.78 is 19.4. The Morgan fingerprint density at radius 1 is 0.650 bits per heavy atom. The van der Waals surface area contributed by atoms with Crippen molar-refractivity contribution in [3.8, 4) is 5.75 Å². The maximum Gasteiger partial charge on any atom is 0.334 e. The second-order valence-corrected chi connectivity index (χ2v) is 12.3. The Kier molecular flexibility index (Phi) is 25.1. The molecule has 1 saturated heterocycles. The van der Waals surface area contributed by atoms with Gasteiger partial charge in [-0.1, -0.05) is 174 Å².